The predicted octanol–water partition coefficient (Wildman–Crippen LogP) is 0.941. The van der Waals surface area contributed by atoms with Crippen LogP contribution in [0, 0.1) is 0 Å². The molecule has 0 aliphatic carbocycles. The highest BCUT2D eigenvalue weighted by Gasteiger charge is 2.24. The van der Waals surface area contributed by atoms with Crippen LogP contribution >= 0.6 is 0 Å². The standard InChI is InChI=1S/C8H13N3O2/c1-5(9)7-10-11-8(13-7)6-3-2-4-12-6/h5-6H,2-4,9H2,1H3. The summed E-state index contributed by atoms with van der Waals surface area (Å²) in [6.45, 7) is 2.59. The van der Waals surface area contributed by atoms with Crippen LogP contribution in [0.3, 0.4) is 0 Å². The molecule has 1 saturated heterocycles. The number of aromatic nitrogens is 2. The molecule has 5 nitrogen and oxygen atoms in total. The van der Waals surface area contributed by atoms with E-state index in [1.165, 1.54) is 0 Å². The van der Waals surface area contributed by atoms with E-state index in [9.17, 15) is 0 Å². The quantitative estimate of drug-likeness (QED) is 0.738. The van der Waals surface area contributed by atoms with Gasteiger partial charge in [-0.3, -0.25) is 0 Å². The first-order chi connectivity index (χ1) is 6.27. The second-order valence-corrected chi connectivity index (χ2v) is 3.27. The maximum Gasteiger partial charge on any atom is 0.245 e. The van der Waals surface area contributed by atoms with E-state index in [1.807, 2.05) is 6.92 Å². The van der Waals surface area contributed by atoms with Crippen molar-refractivity contribution in [3.05, 3.63) is 11.8 Å². The van der Waals surface area contributed by atoms with Crippen LogP contribution in [-0.4, -0.2) is 16.8 Å². The smallest absolute Gasteiger partial charge is 0.245 e. The van der Waals surface area contributed by atoms with Crippen molar-refractivity contribution >= 4 is 0 Å². The highest BCUT2D eigenvalue weighted by atomic mass is 16.5. The van der Waals surface area contributed by atoms with Crippen LogP contribution in [0.2, 0.25) is 0 Å². The summed E-state index contributed by atoms with van der Waals surface area (Å²) in [5.41, 5.74) is 5.59. The number of nitrogens with two attached hydrogens (primary N) is 1. The monoisotopic (exact) mass is 183 g/mol. The molecule has 2 rings (SSSR count). The van der Waals surface area contributed by atoms with E-state index in [1.54, 1.807) is 0 Å². The number of hydrogen-bond acceptors (Lipinski definition) is 5. The lowest BCUT2D eigenvalue weighted by molar-refractivity contribution is 0.0878. The minimum atomic E-state index is -0.206. The molecular weight excluding hydrogens is 170 g/mol. The summed E-state index contributed by atoms with van der Waals surface area (Å²) in [5, 5.41) is 7.74. The van der Waals surface area contributed by atoms with Gasteiger partial charge in [-0.15, -0.1) is 10.2 Å². The van der Waals surface area contributed by atoms with Gasteiger partial charge in [0.25, 0.3) is 0 Å². The molecule has 5 heteroatoms. The Labute approximate surface area is 76.3 Å². The lowest BCUT2D eigenvalue weighted by Gasteiger charge is -2.01. The first kappa shape index (κ1) is 8.65. The van der Waals surface area contributed by atoms with E-state index in [0.29, 0.717) is 11.8 Å². The van der Waals surface area contributed by atoms with E-state index < -0.39 is 0 Å². The van der Waals surface area contributed by atoms with Crippen LogP contribution in [0.5, 0.6) is 0 Å². The topological polar surface area (TPSA) is 74.2 Å². The van der Waals surface area contributed by atoms with Gasteiger partial charge in [-0.05, 0) is 19.8 Å². The highest BCUT2D eigenvalue weighted by molar-refractivity contribution is 4.91. The first-order valence-electron chi connectivity index (χ1n) is 4.48. The van der Waals surface area contributed by atoms with Crippen molar-refractivity contribution in [3.8, 4) is 0 Å². The predicted molar refractivity (Wildman–Crippen MR) is 44.8 cm³/mol. The Bertz CT molecular complexity index is 279. The van der Waals surface area contributed by atoms with E-state index in [2.05, 4.69) is 10.2 Å². The molecule has 2 atom stereocenters. The van der Waals surface area contributed by atoms with Crippen LogP contribution in [0.4, 0.5) is 0 Å². The Hall–Kier alpha value is -0.940. The van der Waals surface area contributed by atoms with Crippen molar-refractivity contribution in [1.82, 2.24) is 10.2 Å². The average molecular weight is 183 g/mol. The third-order valence-electron chi connectivity index (χ3n) is 2.05. The summed E-state index contributed by atoms with van der Waals surface area (Å²) in [5.74, 6) is 1.04. The molecule has 0 aromatic carbocycles. The van der Waals surface area contributed by atoms with Crippen LogP contribution in [-0.2, 0) is 4.74 Å². The van der Waals surface area contributed by atoms with Crippen molar-refractivity contribution in [3.63, 3.8) is 0 Å². The summed E-state index contributed by atoms with van der Waals surface area (Å²) in [6.07, 6.45) is 2.00. The van der Waals surface area contributed by atoms with Gasteiger partial charge in [0, 0.05) is 6.61 Å². The van der Waals surface area contributed by atoms with E-state index in [-0.39, 0.29) is 12.1 Å². The molecule has 0 bridgehead atoms. The number of rotatable bonds is 2. The molecule has 0 radical (unpaired) electrons. The van der Waals surface area contributed by atoms with E-state index >= 15 is 0 Å². The fourth-order valence-corrected chi connectivity index (χ4v) is 1.33. The zero-order valence-corrected chi connectivity index (χ0v) is 7.56. The van der Waals surface area contributed by atoms with Gasteiger partial charge in [-0.2, -0.15) is 0 Å². The molecule has 72 valence electrons. The molecule has 0 spiro atoms. The molecular formula is C8H13N3O2. The lowest BCUT2D eigenvalue weighted by Crippen LogP contribution is -2.04. The molecule has 1 aliphatic heterocycles. The van der Waals surface area contributed by atoms with Gasteiger partial charge < -0.3 is 14.9 Å². The van der Waals surface area contributed by atoms with Gasteiger partial charge in [-0.25, -0.2) is 0 Å². The SMILES string of the molecule is CC(N)c1nnc(C2CCCO2)o1. The third kappa shape index (κ3) is 1.71. The Morgan fingerprint density at radius 2 is 2.38 bits per heavy atom. The fraction of sp³-hybridized carbons (Fsp3) is 0.750. The first-order valence-corrected chi connectivity index (χ1v) is 4.48. The number of ether oxygens (including phenoxy) is 1. The minimum absolute atomic E-state index is 0.0139. The van der Waals surface area contributed by atoms with Gasteiger partial charge in [0.1, 0.15) is 6.10 Å². The largest absolute Gasteiger partial charge is 0.421 e. The van der Waals surface area contributed by atoms with Gasteiger partial charge in [-0.1, -0.05) is 0 Å². The molecule has 2 unspecified atom stereocenters. The van der Waals surface area contributed by atoms with Crippen molar-refractivity contribution in [1.29, 1.82) is 0 Å². The molecule has 1 aromatic rings. The number of nitrogens with zero attached hydrogens (tertiary/aromatic N) is 2. The zero-order valence-electron chi connectivity index (χ0n) is 7.56. The maximum atomic E-state index is 5.59. The Morgan fingerprint density at radius 3 is 2.92 bits per heavy atom. The normalized spacial score (nSPS) is 24.9. The molecule has 2 N–H and O–H groups in total. The minimum Gasteiger partial charge on any atom is -0.421 e. The zero-order chi connectivity index (χ0) is 9.26. The molecule has 1 aromatic heterocycles. The molecule has 13 heavy (non-hydrogen) atoms. The fourth-order valence-electron chi connectivity index (χ4n) is 1.33. The van der Waals surface area contributed by atoms with Gasteiger partial charge in [0.15, 0.2) is 0 Å². The number of hydrogen-bond donors (Lipinski definition) is 1. The maximum absolute atomic E-state index is 5.59. The molecule has 1 fully saturated rings. The van der Waals surface area contributed by atoms with E-state index in [4.69, 9.17) is 14.9 Å². The van der Waals surface area contributed by atoms with Crippen molar-refractivity contribution in [2.24, 2.45) is 5.73 Å². The Morgan fingerprint density at radius 1 is 1.54 bits per heavy atom. The van der Waals surface area contributed by atoms with Gasteiger partial charge in [0.05, 0.1) is 6.04 Å². The van der Waals surface area contributed by atoms with Gasteiger partial charge >= 0.3 is 0 Å². The molecule has 0 saturated carbocycles. The summed E-state index contributed by atoms with van der Waals surface area (Å²) in [7, 11) is 0. The highest BCUT2D eigenvalue weighted by Crippen LogP contribution is 2.27. The molecule has 0 amide bonds. The van der Waals surface area contributed by atoms with Crippen LogP contribution in [0.1, 0.15) is 43.7 Å². The van der Waals surface area contributed by atoms with Crippen LogP contribution < -0.4 is 5.73 Å². The van der Waals surface area contributed by atoms with Crippen molar-refractivity contribution in [2.45, 2.75) is 31.9 Å². The van der Waals surface area contributed by atoms with Crippen LogP contribution in [0.25, 0.3) is 0 Å². The van der Waals surface area contributed by atoms with Crippen molar-refractivity contribution in [2.75, 3.05) is 6.61 Å². The molecule has 2 heterocycles. The summed E-state index contributed by atoms with van der Waals surface area (Å²) >= 11 is 0. The second-order valence-electron chi connectivity index (χ2n) is 3.27. The third-order valence-corrected chi connectivity index (χ3v) is 2.05. The average Bonchev–Trinajstić information content (AvgIpc) is 2.75. The Kier molecular flexibility index (Phi) is 2.28. The second kappa shape index (κ2) is 3.43. The van der Waals surface area contributed by atoms with Crippen LogP contribution in [0.15, 0.2) is 4.42 Å². The van der Waals surface area contributed by atoms with Crippen molar-refractivity contribution < 1.29 is 9.15 Å². The van der Waals surface area contributed by atoms with Gasteiger partial charge in [0.2, 0.25) is 11.8 Å². The summed E-state index contributed by atoms with van der Waals surface area (Å²) in [4.78, 5) is 0. The van der Waals surface area contributed by atoms with E-state index in [0.717, 1.165) is 19.4 Å². The Balaban J connectivity index is 2.12. The summed E-state index contributed by atoms with van der Waals surface area (Å²) < 4.78 is 10.8. The lowest BCUT2D eigenvalue weighted by atomic mass is 10.2. The molecule has 1 aliphatic rings. The summed E-state index contributed by atoms with van der Waals surface area (Å²) in [6, 6.07) is -0.206.